The molecule has 11 heteroatoms. The number of rotatable bonds is 9. The second-order valence-electron chi connectivity index (χ2n) is 4.24. The van der Waals surface area contributed by atoms with E-state index in [1.165, 1.54) is 0 Å². The number of hydrogen-bond donors (Lipinski definition) is 0. The molecule has 0 saturated carbocycles. The molecule has 0 aromatic rings. The Bertz CT molecular complexity index is 489. The van der Waals surface area contributed by atoms with Gasteiger partial charge in [-0.1, -0.05) is 13.8 Å². The van der Waals surface area contributed by atoms with Crippen molar-refractivity contribution in [3.63, 3.8) is 0 Å². The molecule has 0 spiro atoms. The lowest BCUT2D eigenvalue weighted by atomic mass is 10.1. The van der Waals surface area contributed by atoms with E-state index in [0.717, 1.165) is 0 Å². The summed E-state index contributed by atoms with van der Waals surface area (Å²) in [6.45, 7) is 3.02. The van der Waals surface area contributed by atoms with Gasteiger partial charge in [-0.05, 0) is 18.7 Å². The van der Waals surface area contributed by atoms with E-state index in [4.69, 9.17) is 9.47 Å². The van der Waals surface area contributed by atoms with E-state index in [1.54, 1.807) is 6.92 Å². The highest BCUT2D eigenvalue weighted by Gasteiger charge is 2.45. The van der Waals surface area contributed by atoms with Crippen LogP contribution in [0.5, 0.6) is 0 Å². The Morgan fingerprint density at radius 1 is 1.27 bits per heavy atom. The first-order valence-electron chi connectivity index (χ1n) is 6.32. The topological polar surface area (TPSA) is 105 Å². The molecule has 0 rings (SSSR count). The van der Waals surface area contributed by atoms with Crippen LogP contribution < -0.4 is 5.11 Å². The van der Waals surface area contributed by atoms with Crippen LogP contribution >= 0.6 is 0 Å². The fourth-order valence-electron chi connectivity index (χ4n) is 1.00. The molecule has 0 heterocycles. The van der Waals surface area contributed by atoms with Crippen LogP contribution in [-0.2, 0) is 24.3 Å². The van der Waals surface area contributed by atoms with Crippen LogP contribution in [0.4, 0.5) is 13.2 Å². The Hall–Kier alpha value is -1.36. The molecule has 130 valence electrons. The van der Waals surface area contributed by atoms with Crippen LogP contribution in [0.25, 0.3) is 0 Å². The van der Waals surface area contributed by atoms with Crippen LogP contribution in [0.3, 0.4) is 0 Å². The molecule has 0 fully saturated rings. The summed E-state index contributed by atoms with van der Waals surface area (Å²) in [6, 6.07) is 0. The lowest BCUT2D eigenvalue weighted by Crippen LogP contribution is -2.27. The third-order valence-electron chi connectivity index (χ3n) is 2.46. The summed E-state index contributed by atoms with van der Waals surface area (Å²) in [6.07, 6.45) is -0.0159. The molecule has 0 aromatic carbocycles. The van der Waals surface area contributed by atoms with Crippen LogP contribution in [-0.4, -0.2) is 45.6 Å². The van der Waals surface area contributed by atoms with Crippen molar-refractivity contribution in [2.75, 3.05) is 19.8 Å². The van der Waals surface area contributed by atoms with Crippen molar-refractivity contribution >= 4 is 21.9 Å². The van der Waals surface area contributed by atoms with Crippen molar-refractivity contribution in [3.05, 3.63) is 0 Å². The first-order chi connectivity index (χ1) is 10.0. The summed E-state index contributed by atoms with van der Waals surface area (Å²) in [4.78, 5) is 11.2. The van der Waals surface area contributed by atoms with Crippen LogP contribution in [0.1, 0.15) is 26.7 Å². The van der Waals surface area contributed by atoms with Gasteiger partial charge < -0.3 is 14.6 Å². The third kappa shape index (κ3) is 7.59. The third-order valence-corrected chi connectivity index (χ3v) is 3.49. The zero-order valence-corrected chi connectivity index (χ0v) is 12.9. The van der Waals surface area contributed by atoms with Crippen molar-refractivity contribution in [2.24, 2.45) is 10.3 Å². The summed E-state index contributed by atoms with van der Waals surface area (Å²) in [7, 11) is -5.82. The van der Waals surface area contributed by atoms with Crippen molar-refractivity contribution in [3.8, 4) is 0 Å². The lowest BCUT2D eigenvalue weighted by molar-refractivity contribution is -0.219. The molecular formula is C11H17F3NO6S-. The van der Waals surface area contributed by atoms with E-state index in [1.807, 2.05) is 6.92 Å². The normalized spacial score (nSPS) is 14.7. The zero-order valence-electron chi connectivity index (χ0n) is 12.1. The number of carbonyl (C=O) groups is 1. The molecule has 1 unspecified atom stereocenters. The summed E-state index contributed by atoms with van der Waals surface area (Å²) < 4.78 is 68.7. The Morgan fingerprint density at radius 2 is 1.86 bits per heavy atom. The highest BCUT2D eigenvalue weighted by molar-refractivity contribution is 7.91. The number of halogens is 3. The van der Waals surface area contributed by atoms with Crippen molar-refractivity contribution < 1.29 is 41.0 Å². The van der Waals surface area contributed by atoms with Crippen LogP contribution in [0.15, 0.2) is 4.40 Å². The van der Waals surface area contributed by atoms with Crippen LogP contribution in [0.2, 0.25) is 0 Å². The second-order valence-corrected chi connectivity index (χ2v) is 5.84. The molecule has 7 nitrogen and oxygen atoms in total. The predicted molar refractivity (Wildman–Crippen MR) is 68.3 cm³/mol. The predicted octanol–water partition coefficient (Wildman–Crippen LogP) is 0.591. The minimum absolute atomic E-state index is 0.0680. The fraction of sp³-hybridized carbons (Fsp3) is 0.818. The van der Waals surface area contributed by atoms with Gasteiger partial charge in [0.1, 0.15) is 6.61 Å². The number of hydrogen-bond acceptors (Lipinski definition) is 6. The standard InChI is InChI=1S/C11H18F3NO6S/c1-3-8(2)10(17)21-7-6-20-5-4-9(16)15-22(18,19)11(12,13)14/h8H,3-7H2,1-2H3,(H,15,16)/p-1. The molecule has 0 aliphatic carbocycles. The largest absolute Gasteiger partial charge is 0.861 e. The molecule has 0 N–H and O–H groups in total. The molecule has 0 aliphatic rings. The molecule has 1 atom stereocenters. The highest BCUT2D eigenvalue weighted by Crippen LogP contribution is 2.24. The molecular weight excluding hydrogens is 331 g/mol. The van der Waals surface area contributed by atoms with Gasteiger partial charge in [-0.3, -0.25) is 4.79 Å². The SMILES string of the molecule is CCC(C)C(=O)OCCOCC/C([O-])=N/S(=O)(=O)C(F)(F)F. The minimum Gasteiger partial charge on any atom is -0.861 e. The molecule has 22 heavy (non-hydrogen) atoms. The maximum atomic E-state index is 11.9. The van der Waals surface area contributed by atoms with E-state index in [2.05, 4.69) is 4.40 Å². The van der Waals surface area contributed by atoms with Gasteiger partial charge in [-0.25, -0.2) is 0 Å². The number of alkyl halides is 3. The van der Waals surface area contributed by atoms with Gasteiger partial charge in [0.05, 0.1) is 19.1 Å². The van der Waals surface area contributed by atoms with Crippen molar-refractivity contribution in [1.29, 1.82) is 0 Å². The second kappa shape index (κ2) is 8.93. The first-order valence-corrected chi connectivity index (χ1v) is 7.76. The van der Waals surface area contributed by atoms with Gasteiger partial charge in [0.15, 0.2) is 0 Å². The van der Waals surface area contributed by atoms with Crippen LogP contribution in [0, 0.1) is 5.92 Å². The lowest BCUT2D eigenvalue weighted by Gasteiger charge is -2.12. The molecule has 0 amide bonds. The molecule has 0 aliphatic heterocycles. The number of carbonyl (C=O) groups excluding carboxylic acids is 1. The minimum atomic E-state index is -5.82. The monoisotopic (exact) mass is 348 g/mol. The van der Waals surface area contributed by atoms with Gasteiger partial charge in [-0.15, -0.1) is 0 Å². The molecule has 0 radical (unpaired) electrons. The van der Waals surface area contributed by atoms with Gasteiger partial charge in [0, 0.05) is 0 Å². The van der Waals surface area contributed by atoms with E-state index >= 15 is 0 Å². The Labute approximate surface area is 126 Å². The Kier molecular flexibility index (Phi) is 8.38. The summed E-state index contributed by atoms with van der Waals surface area (Å²) >= 11 is 0. The zero-order chi connectivity index (χ0) is 17.4. The molecule has 0 bridgehead atoms. The first kappa shape index (κ1) is 20.6. The van der Waals surface area contributed by atoms with Crippen molar-refractivity contribution in [2.45, 2.75) is 32.2 Å². The van der Waals surface area contributed by atoms with Gasteiger partial charge in [-0.2, -0.15) is 26.0 Å². The number of nitrogens with zero attached hydrogens (tertiary/aromatic N) is 1. The fourth-order valence-corrected chi connectivity index (χ4v) is 1.47. The smallest absolute Gasteiger partial charge is 0.518 e. The number of sulfonamides is 1. The average molecular weight is 348 g/mol. The number of esters is 1. The Morgan fingerprint density at radius 3 is 2.36 bits per heavy atom. The number of ether oxygens (including phenoxy) is 2. The summed E-state index contributed by atoms with van der Waals surface area (Å²) in [5, 5.41) is 11.0. The van der Waals surface area contributed by atoms with E-state index in [-0.39, 0.29) is 25.7 Å². The van der Waals surface area contributed by atoms with Gasteiger partial charge in [0.25, 0.3) is 0 Å². The molecule has 0 aromatic heterocycles. The molecule has 0 saturated heterocycles. The Balaban J connectivity index is 4.01. The maximum absolute atomic E-state index is 11.9. The summed E-state index contributed by atoms with van der Waals surface area (Å²) in [5.74, 6) is -2.13. The van der Waals surface area contributed by atoms with Crippen molar-refractivity contribution in [1.82, 2.24) is 0 Å². The quantitative estimate of drug-likeness (QED) is 0.261. The van der Waals surface area contributed by atoms with E-state index in [0.29, 0.717) is 6.42 Å². The highest BCUT2D eigenvalue weighted by atomic mass is 32.2. The average Bonchev–Trinajstić information content (AvgIpc) is 2.39. The van der Waals surface area contributed by atoms with Gasteiger partial charge in [0.2, 0.25) is 0 Å². The van der Waals surface area contributed by atoms with E-state index < -0.39 is 33.8 Å². The maximum Gasteiger partial charge on any atom is 0.518 e. The van der Waals surface area contributed by atoms with Gasteiger partial charge >= 0.3 is 21.5 Å². The summed E-state index contributed by atoms with van der Waals surface area (Å²) in [5.41, 5.74) is -5.60. The van der Waals surface area contributed by atoms with E-state index in [9.17, 15) is 31.5 Å².